The molecule has 4 N–H and O–H groups in total. The highest BCUT2D eigenvalue weighted by Gasteiger charge is 2.79. The molecule has 2 aliphatic heterocycles. The average Bonchev–Trinajstić information content (AvgIpc) is 3.10. The Morgan fingerprint density at radius 2 is 1.63 bits per heavy atom. The van der Waals surface area contributed by atoms with Crippen molar-refractivity contribution in [2.45, 2.75) is 174 Å². The lowest BCUT2D eigenvalue weighted by Gasteiger charge is -2.71. The van der Waals surface area contributed by atoms with Crippen LogP contribution in [0.25, 0.3) is 0 Å². The van der Waals surface area contributed by atoms with Gasteiger partial charge in [0, 0.05) is 30.6 Å². The molecule has 0 spiro atoms. The first-order chi connectivity index (χ1) is 27.2. The molecular weight excluding hydrogens is 766 g/mol. The molecule has 5 aliphatic rings. The zero-order chi connectivity index (χ0) is 43.8. The molecule has 6 rings (SSSR count). The summed E-state index contributed by atoms with van der Waals surface area (Å²) in [6.45, 7) is 20.4. The number of amides is 1. The summed E-state index contributed by atoms with van der Waals surface area (Å²) in [4.78, 5) is 54.4. The maximum Gasteiger partial charge on any atom is 0.407 e. The van der Waals surface area contributed by atoms with E-state index in [4.69, 9.17) is 33.2 Å². The number of nitrogens with one attached hydrogen (secondary N) is 1. The average molecular weight is 830 g/mol. The van der Waals surface area contributed by atoms with Crippen molar-refractivity contribution < 1.29 is 67.7 Å². The lowest BCUT2D eigenvalue weighted by atomic mass is 9.44. The molecule has 1 aromatic rings. The summed E-state index contributed by atoms with van der Waals surface area (Å²) in [5.41, 5.74) is -6.38. The van der Waals surface area contributed by atoms with E-state index in [1.165, 1.54) is 6.92 Å². The number of rotatable bonds is 9. The van der Waals surface area contributed by atoms with Crippen molar-refractivity contribution in [1.82, 2.24) is 5.32 Å². The van der Waals surface area contributed by atoms with Crippen molar-refractivity contribution in [3.63, 3.8) is 0 Å². The Morgan fingerprint density at radius 1 is 0.983 bits per heavy atom. The smallest absolute Gasteiger partial charge is 0.407 e. The van der Waals surface area contributed by atoms with Crippen LogP contribution >= 0.6 is 0 Å². The first-order valence-corrected chi connectivity index (χ1v) is 20.6. The lowest BCUT2D eigenvalue weighted by molar-refractivity contribution is -0.430. The van der Waals surface area contributed by atoms with Crippen LogP contribution in [0.4, 0.5) is 4.79 Å². The Morgan fingerprint density at radius 3 is 2.19 bits per heavy atom. The number of alkyl carbamates (subject to hydrolysis) is 1. The quantitative estimate of drug-likeness (QED) is 0.154. The molecule has 4 fully saturated rings. The van der Waals surface area contributed by atoms with Gasteiger partial charge in [0.05, 0.1) is 36.3 Å². The molecule has 0 aromatic heterocycles. The van der Waals surface area contributed by atoms with E-state index in [1.54, 1.807) is 85.7 Å². The summed E-state index contributed by atoms with van der Waals surface area (Å²) in [5, 5.41) is 40.7. The molecule has 12 atom stereocenters. The largest absolute Gasteiger partial charge is 0.456 e. The molecule has 59 heavy (non-hydrogen) atoms. The standard InChI is InChI=1S/C44H63NO14/c1-22(2)18-26(45-38(51)59-39(5,6)7)31(47)37(50)54-27-20-44(52)35(55-36(49)25-16-14-13-15-17-25)33-42(12)28(19-29-43(33,21-53-29)56-24(4)46)57-41(10,11)58-34(42)32(48)30(23(27)3)40(44,8)9/h13-17,22,26-29,31-35,47-48,52H,18-21H2,1-12H3,(H,45,51)/t26-,27-,28-,29+,31+,32+,33-,34-,35-,42+,43-,44+/m0/s1. The summed E-state index contributed by atoms with van der Waals surface area (Å²) in [5.74, 6) is -4.95. The van der Waals surface area contributed by atoms with Gasteiger partial charge in [-0.05, 0) is 77.2 Å². The van der Waals surface area contributed by atoms with Gasteiger partial charge in [-0.15, -0.1) is 0 Å². The number of carbonyl (C=O) groups excluding carboxylic acids is 4. The summed E-state index contributed by atoms with van der Waals surface area (Å²) < 4.78 is 43.8. The Bertz CT molecular complexity index is 1840. The van der Waals surface area contributed by atoms with Crippen LogP contribution in [-0.4, -0.2) is 117 Å². The number of hydrogen-bond donors (Lipinski definition) is 4. The SMILES string of the molecule is CC(=O)O[C@@]12CO[C@@H]1C[C@@H]1OC(C)(C)O[C@H]3[C@H](O)C4=C(C)[C@@H](OC(=O)[C@H](O)[C@H](CC(C)C)NC(=O)OC(C)(C)C)C[C@@](O)([C@@H](OC(=O)c5ccccc5)[C@H]2[C@@]13C)C4(C)C. The van der Waals surface area contributed by atoms with E-state index in [1.807, 2.05) is 20.8 Å². The van der Waals surface area contributed by atoms with Gasteiger partial charge in [0.15, 0.2) is 17.5 Å². The fourth-order valence-corrected chi connectivity index (χ4v) is 10.6. The minimum atomic E-state index is -2.17. The fraction of sp³-hybridized carbons (Fsp3) is 0.727. The summed E-state index contributed by atoms with van der Waals surface area (Å²) in [6, 6.07) is 7.14. The molecule has 1 aromatic carbocycles. The van der Waals surface area contributed by atoms with Crippen molar-refractivity contribution in [3.05, 3.63) is 47.0 Å². The molecule has 2 saturated carbocycles. The van der Waals surface area contributed by atoms with E-state index in [0.717, 1.165) is 0 Å². The second kappa shape index (κ2) is 15.4. The van der Waals surface area contributed by atoms with E-state index in [-0.39, 0.29) is 42.9 Å². The van der Waals surface area contributed by atoms with Gasteiger partial charge in [-0.25, -0.2) is 14.4 Å². The molecule has 15 nitrogen and oxygen atoms in total. The van der Waals surface area contributed by atoms with Gasteiger partial charge in [-0.3, -0.25) is 4.79 Å². The van der Waals surface area contributed by atoms with Crippen molar-refractivity contribution in [1.29, 1.82) is 0 Å². The summed E-state index contributed by atoms with van der Waals surface area (Å²) in [7, 11) is 0. The van der Waals surface area contributed by atoms with Crippen molar-refractivity contribution in [3.8, 4) is 0 Å². The number of aliphatic hydroxyl groups is 3. The molecule has 1 amide bonds. The number of ether oxygens (including phenoxy) is 7. The number of aliphatic hydroxyl groups excluding tert-OH is 2. The minimum absolute atomic E-state index is 0.0690. The second-order valence-electron chi connectivity index (χ2n) is 19.7. The third kappa shape index (κ3) is 7.80. The van der Waals surface area contributed by atoms with E-state index >= 15 is 0 Å². The van der Waals surface area contributed by atoms with E-state index in [2.05, 4.69) is 5.32 Å². The van der Waals surface area contributed by atoms with Gasteiger partial charge >= 0.3 is 24.0 Å². The monoisotopic (exact) mass is 829 g/mol. The predicted molar refractivity (Wildman–Crippen MR) is 210 cm³/mol. The van der Waals surface area contributed by atoms with Gasteiger partial charge in [0.1, 0.15) is 35.6 Å². The maximum atomic E-state index is 14.3. The minimum Gasteiger partial charge on any atom is -0.456 e. The molecule has 2 heterocycles. The van der Waals surface area contributed by atoms with Crippen LogP contribution in [0.1, 0.15) is 113 Å². The fourth-order valence-electron chi connectivity index (χ4n) is 10.6. The van der Waals surface area contributed by atoms with E-state index < -0.39 is 112 Å². The normalized spacial score (nSPS) is 36.6. The molecule has 0 radical (unpaired) electrons. The van der Waals surface area contributed by atoms with Gasteiger partial charge in [0.25, 0.3) is 0 Å². The number of hydrogen-bond acceptors (Lipinski definition) is 14. The van der Waals surface area contributed by atoms with Gasteiger partial charge in [-0.1, -0.05) is 52.8 Å². The van der Waals surface area contributed by atoms with Crippen LogP contribution in [-0.2, 0) is 42.7 Å². The Labute approximate surface area is 346 Å². The number of benzene rings is 1. The van der Waals surface area contributed by atoms with E-state index in [9.17, 15) is 34.5 Å². The maximum absolute atomic E-state index is 14.3. The highest BCUT2D eigenvalue weighted by molar-refractivity contribution is 5.89. The Hall–Kier alpha value is -3.60. The lowest BCUT2D eigenvalue weighted by Crippen LogP contribution is -2.84. The molecule has 3 aliphatic carbocycles. The van der Waals surface area contributed by atoms with Gasteiger partial charge in [0.2, 0.25) is 0 Å². The number of carbonyl (C=O) groups is 4. The molecule has 0 unspecified atom stereocenters. The zero-order valence-electron chi connectivity index (χ0n) is 36.3. The second-order valence-corrected chi connectivity index (χ2v) is 19.7. The number of fused-ring (bicyclic) bond motifs is 4. The molecule has 15 heteroatoms. The highest BCUT2D eigenvalue weighted by Crippen LogP contribution is 2.67. The van der Waals surface area contributed by atoms with E-state index in [0.29, 0.717) is 5.57 Å². The third-order valence-corrected chi connectivity index (χ3v) is 13.2. The molecule has 2 saturated heterocycles. The molecule has 328 valence electrons. The van der Waals surface area contributed by atoms with Crippen LogP contribution in [0, 0.1) is 22.7 Å². The predicted octanol–water partition coefficient (Wildman–Crippen LogP) is 4.52. The van der Waals surface area contributed by atoms with Crippen LogP contribution in [0.5, 0.6) is 0 Å². The number of esters is 3. The topological polar surface area (TPSA) is 206 Å². The Balaban J connectivity index is 1.52. The summed E-state index contributed by atoms with van der Waals surface area (Å²) >= 11 is 0. The first-order valence-electron chi connectivity index (χ1n) is 20.6. The van der Waals surface area contributed by atoms with Crippen molar-refractivity contribution >= 4 is 24.0 Å². The van der Waals surface area contributed by atoms with Crippen LogP contribution < -0.4 is 5.32 Å². The molecule has 2 bridgehead atoms. The van der Waals surface area contributed by atoms with Crippen LogP contribution in [0.3, 0.4) is 0 Å². The zero-order valence-corrected chi connectivity index (χ0v) is 36.3. The Kier molecular flexibility index (Phi) is 11.7. The van der Waals surface area contributed by atoms with Gasteiger partial charge < -0.3 is 53.8 Å². The van der Waals surface area contributed by atoms with Crippen LogP contribution in [0.15, 0.2) is 41.5 Å². The van der Waals surface area contributed by atoms with Crippen molar-refractivity contribution in [2.75, 3.05) is 6.61 Å². The van der Waals surface area contributed by atoms with Crippen LogP contribution in [0.2, 0.25) is 0 Å². The third-order valence-electron chi connectivity index (χ3n) is 13.2. The van der Waals surface area contributed by atoms with Crippen molar-refractivity contribution in [2.24, 2.45) is 22.7 Å². The van der Waals surface area contributed by atoms with Gasteiger partial charge in [-0.2, -0.15) is 0 Å². The first kappa shape index (κ1) is 44.9. The highest BCUT2D eigenvalue weighted by atomic mass is 16.7. The molecular formula is C44H63NO14. The summed E-state index contributed by atoms with van der Waals surface area (Å²) in [6.07, 6.45) is -9.53.